The highest BCUT2D eigenvalue weighted by Crippen LogP contribution is 2.23. The van der Waals surface area contributed by atoms with Crippen LogP contribution in [0.1, 0.15) is 6.92 Å². The monoisotopic (exact) mass is 313 g/mol. The number of esters is 1. The van der Waals surface area contributed by atoms with Crippen LogP contribution >= 0.6 is 0 Å². The van der Waals surface area contributed by atoms with E-state index in [2.05, 4.69) is 0 Å². The SMILES string of the molecule is CCOC(=O)C(=CN(C)C)S(=O)(=O)c1ccc(OC)cc1. The fourth-order valence-electron chi connectivity index (χ4n) is 1.55. The van der Waals surface area contributed by atoms with Crippen LogP contribution < -0.4 is 4.74 Å². The number of carbonyl (C=O) groups excluding carboxylic acids is 1. The standard InChI is InChI=1S/C14H19NO5S/c1-5-20-14(16)13(10-15(2)3)21(17,18)12-8-6-11(19-4)7-9-12/h6-10H,5H2,1-4H3. The molecule has 0 saturated carbocycles. The van der Waals surface area contributed by atoms with Crippen LogP contribution in [-0.2, 0) is 19.4 Å². The summed E-state index contributed by atoms with van der Waals surface area (Å²) in [5.74, 6) is -0.342. The Bertz CT molecular complexity index is 617. The molecule has 0 heterocycles. The van der Waals surface area contributed by atoms with Gasteiger partial charge in [-0.2, -0.15) is 0 Å². The number of hydrogen-bond donors (Lipinski definition) is 0. The summed E-state index contributed by atoms with van der Waals surface area (Å²) in [6.45, 7) is 1.72. The Kier molecular flexibility index (Phi) is 5.78. The summed E-state index contributed by atoms with van der Waals surface area (Å²) in [6, 6.07) is 5.81. The van der Waals surface area contributed by atoms with Gasteiger partial charge in [0.15, 0.2) is 4.91 Å². The summed E-state index contributed by atoms with van der Waals surface area (Å²) < 4.78 is 34.9. The average Bonchev–Trinajstić information content (AvgIpc) is 2.44. The van der Waals surface area contributed by atoms with E-state index in [9.17, 15) is 13.2 Å². The second-order valence-corrected chi connectivity index (χ2v) is 6.27. The molecule has 0 spiro atoms. The third-order valence-corrected chi connectivity index (χ3v) is 4.26. The summed E-state index contributed by atoms with van der Waals surface area (Å²) in [7, 11) is 0.788. The molecular formula is C14H19NO5S. The minimum absolute atomic E-state index is 0.00412. The molecule has 0 amide bonds. The van der Waals surface area contributed by atoms with E-state index in [0.29, 0.717) is 5.75 Å². The summed E-state index contributed by atoms with van der Waals surface area (Å²) in [5.41, 5.74) is 0. The molecular weight excluding hydrogens is 294 g/mol. The molecule has 116 valence electrons. The minimum atomic E-state index is -3.95. The molecule has 1 rings (SSSR count). The second-order valence-electron chi connectivity index (χ2n) is 4.36. The molecule has 1 aromatic rings. The van der Waals surface area contributed by atoms with Crippen molar-refractivity contribution in [3.05, 3.63) is 35.4 Å². The van der Waals surface area contributed by atoms with Crippen LogP contribution in [0.5, 0.6) is 5.75 Å². The van der Waals surface area contributed by atoms with Crippen LogP contribution in [0.2, 0.25) is 0 Å². The number of benzene rings is 1. The Balaban J connectivity index is 3.29. The summed E-state index contributed by atoms with van der Waals surface area (Å²) in [4.78, 5) is 13.0. The number of carbonyl (C=O) groups is 1. The molecule has 0 aliphatic carbocycles. The molecule has 1 aromatic carbocycles. The van der Waals surface area contributed by atoms with Gasteiger partial charge in [-0.05, 0) is 31.2 Å². The van der Waals surface area contributed by atoms with Crippen LogP contribution in [-0.4, -0.2) is 47.1 Å². The Hall–Kier alpha value is -2.02. The maximum Gasteiger partial charge on any atom is 0.351 e. The number of nitrogens with zero attached hydrogens (tertiary/aromatic N) is 1. The molecule has 21 heavy (non-hydrogen) atoms. The molecule has 0 aliphatic rings. The van der Waals surface area contributed by atoms with Gasteiger partial charge in [0.25, 0.3) is 0 Å². The first-order chi connectivity index (χ1) is 9.82. The number of hydrogen-bond acceptors (Lipinski definition) is 6. The largest absolute Gasteiger partial charge is 0.497 e. The van der Waals surface area contributed by atoms with Gasteiger partial charge in [0.1, 0.15) is 5.75 Å². The van der Waals surface area contributed by atoms with E-state index in [-0.39, 0.29) is 11.5 Å². The van der Waals surface area contributed by atoms with Crippen molar-refractivity contribution in [3.63, 3.8) is 0 Å². The van der Waals surface area contributed by atoms with E-state index in [1.807, 2.05) is 0 Å². The van der Waals surface area contributed by atoms with Crippen molar-refractivity contribution in [2.45, 2.75) is 11.8 Å². The zero-order valence-electron chi connectivity index (χ0n) is 12.5. The predicted molar refractivity (Wildman–Crippen MR) is 78.6 cm³/mol. The van der Waals surface area contributed by atoms with Crippen molar-refractivity contribution in [1.82, 2.24) is 4.90 Å². The van der Waals surface area contributed by atoms with Gasteiger partial charge in [-0.3, -0.25) is 0 Å². The van der Waals surface area contributed by atoms with Gasteiger partial charge in [0, 0.05) is 20.3 Å². The van der Waals surface area contributed by atoms with Crippen molar-refractivity contribution in [1.29, 1.82) is 0 Å². The lowest BCUT2D eigenvalue weighted by Crippen LogP contribution is -2.19. The van der Waals surface area contributed by atoms with E-state index in [4.69, 9.17) is 9.47 Å². The number of sulfone groups is 1. The molecule has 0 atom stereocenters. The number of ether oxygens (including phenoxy) is 2. The highest BCUT2D eigenvalue weighted by atomic mass is 32.2. The minimum Gasteiger partial charge on any atom is -0.497 e. The fourth-order valence-corrected chi connectivity index (χ4v) is 2.93. The molecule has 0 bridgehead atoms. The van der Waals surface area contributed by atoms with Crippen LogP contribution in [0.3, 0.4) is 0 Å². The highest BCUT2D eigenvalue weighted by molar-refractivity contribution is 7.96. The van der Waals surface area contributed by atoms with E-state index >= 15 is 0 Å². The quantitative estimate of drug-likeness (QED) is 0.584. The molecule has 6 nitrogen and oxygen atoms in total. The third-order valence-electron chi connectivity index (χ3n) is 2.51. The Morgan fingerprint density at radius 1 is 1.24 bits per heavy atom. The molecule has 0 aromatic heterocycles. The fraction of sp³-hybridized carbons (Fsp3) is 0.357. The lowest BCUT2D eigenvalue weighted by atomic mass is 10.3. The van der Waals surface area contributed by atoms with E-state index in [1.165, 1.54) is 42.5 Å². The van der Waals surface area contributed by atoms with Gasteiger partial charge in [-0.1, -0.05) is 0 Å². The molecule has 0 unspecified atom stereocenters. The van der Waals surface area contributed by atoms with E-state index in [1.54, 1.807) is 21.0 Å². The maximum atomic E-state index is 12.5. The van der Waals surface area contributed by atoms with E-state index < -0.39 is 20.7 Å². The van der Waals surface area contributed by atoms with Crippen LogP contribution in [0.25, 0.3) is 0 Å². The van der Waals surface area contributed by atoms with Crippen molar-refractivity contribution in [2.24, 2.45) is 0 Å². The van der Waals surface area contributed by atoms with Gasteiger partial charge < -0.3 is 14.4 Å². The van der Waals surface area contributed by atoms with Crippen molar-refractivity contribution < 1.29 is 22.7 Å². The van der Waals surface area contributed by atoms with Crippen molar-refractivity contribution in [3.8, 4) is 5.75 Å². The molecule has 0 N–H and O–H groups in total. The molecule has 0 radical (unpaired) electrons. The van der Waals surface area contributed by atoms with Crippen molar-refractivity contribution >= 4 is 15.8 Å². The van der Waals surface area contributed by atoms with Crippen LogP contribution in [0.4, 0.5) is 0 Å². The van der Waals surface area contributed by atoms with Crippen LogP contribution in [0, 0.1) is 0 Å². The summed E-state index contributed by atoms with van der Waals surface area (Å²) >= 11 is 0. The maximum absolute atomic E-state index is 12.5. The summed E-state index contributed by atoms with van der Waals surface area (Å²) in [5, 5.41) is 0. The van der Waals surface area contributed by atoms with Crippen LogP contribution in [0.15, 0.2) is 40.3 Å². The topological polar surface area (TPSA) is 72.9 Å². The zero-order valence-corrected chi connectivity index (χ0v) is 13.3. The second kappa shape index (κ2) is 7.12. The first-order valence-electron chi connectivity index (χ1n) is 6.27. The van der Waals surface area contributed by atoms with Gasteiger partial charge in [-0.15, -0.1) is 0 Å². The Morgan fingerprint density at radius 3 is 2.24 bits per heavy atom. The lowest BCUT2D eigenvalue weighted by molar-refractivity contribution is -0.137. The Morgan fingerprint density at radius 2 is 1.81 bits per heavy atom. The smallest absolute Gasteiger partial charge is 0.351 e. The van der Waals surface area contributed by atoms with Gasteiger partial charge in [0.2, 0.25) is 9.84 Å². The number of rotatable bonds is 6. The zero-order chi connectivity index (χ0) is 16.0. The lowest BCUT2D eigenvalue weighted by Gasteiger charge is -2.12. The molecule has 7 heteroatoms. The molecule has 0 fully saturated rings. The molecule has 0 aliphatic heterocycles. The number of methoxy groups -OCH3 is 1. The molecule has 0 saturated heterocycles. The first kappa shape index (κ1) is 17.0. The average molecular weight is 313 g/mol. The van der Waals surface area contributed by atoms with Crippen molar-refractivity contribution in [2.75, 3.05) is 27.8 Å². The van der Waals surface area contributed by atoms with Gasteiger partial charge in [0.05, 0.1) is 18.6 Å². The normalized spacial score (nSPS) is 11.9. The first-order valence-corrected chi connectivity index (χ1v) is 7.75. The predicted octanol–water partition coefficient (Wildman–Crippen LogP) is 1.43. The third kappa shape index (κ3) is 4.22. The van der Waals surface area contributed by atoms with Gasteiger partial charge in [-0.25, -0.2) is 13.2 Å². The highest BCUT2D eigenvalue weighted by Gasteiger charge is 2.28. The summed E-state index contributed by atoms with van der Waals surface area (Å²) in [6.07, 6.45) is 1.23. The van der Waals surface area contributed by atoms with E-state index in [0.717, 1.165) is 0 Å². The van der Waals surface area contributed by atoms with Gasteiger partial charge >= 0.3 is 5.97 Å². The Labute approximate surface area is 124 Å².